The zero-order valence-electron chi connectivity index (χ0n) is 16.5. The standard InChI is InChI=1S/C22H24N6O/c1-17-20(16-24-25-21(29)18-9-8-12-23-15-18)22(27-13-6-3-7-14-27)28(26-17)19-10-4-2-5-11-19/h2,4-5,8-12,15-16H,3,6-7,13-14H2,1H3,(H,25,29)/b24-16-. The number of para-hydroxylation sites is 1. The lowest BCUT2D eigenvalue weighted by Crippen LogP contribution is -2.32. The highest BCUT2D eigenvalue weighted by Crippen LogP contribution is 2.28. The molecule has 3 aromatic rings. The fraction of sp³-hybridized carbons (Fsp3) is 0.273. The molecule has 29 heavy (non-hydrogen) atoms. The second-order valence-corrected chi connectivity index (χ2v) is 7.06. The van der Waals surface area contributed by atoms with Gasteiger partial charge >= 0.3 is 0 Å². The SMILES string of the molecule is Cc1nn(-c2ccccc2)c(N2CCCCC2)c1/C=N\NC(=O)c1cccnc1. The van der Waals surface area contributed by atoms with Crippen LogP contribution >= 0.6 is 0 Å². The van der Waals surface area contributed by atoms with E-state index in [9.17, 15) is 4.79 Å². The quantitative estimate of drug-likeness (QED) is 0.537. The van der Waals surface area contributed by atoms with Crippen LogP contribution < -0.4 is 10.3 Å². The van der Waals surface area contributed by atoms with E-state index >= 15 is 0 Å². The third-order valence-electron chi connectivity index (χ3n) is 5.02. The summed E-state index contributed by atoms with van der Waals surface area (Å²) < 4.78 is 1.98. The Labute approximate surface area is 170 Å². The number of aromatic nitrogens is 3. The molecule has 1 aromatic carbocycles. The number of hydrogen-bond acceptors (Lipinski definition) is 5. The second kappa shape index (κ2) is 8.68. The zero-order chi connectivity index (χ0) is 20.1. The highest BCUT2D eigenvalue weighted by atomic mass is 16.2. The maximum Gasteiger partial charge on any atom is 0.272 e. The Hall–Kier alpha value is -3.48. The number of piperidine rings is 1. The van der Waals surface area contributed by atoms with Crippen molar-refractivity contribution >= 4 is 17.9 Å². The van der Waals surface area contributed by atoms with Gasteiger partial charge in [-0.1, -0.05) is 18.2 Å². The summed E-state index contributed by atoms with van der Waals surface area (Å²) in [7, 11) is 0. The van der Waals surface area contributed by atoms with Crippen molar-refractivity contribution < 1.29 is 4.79 Å². The molecule has 1 amide bonds. The van der Waals surface area contributed by atoms with E-state index < -0.39 is 0 Å². The Morgan fingerprint density at radius 1 is 1.10 bits per heavy atom. The van der Waals surface area contributed by atoms with Crippen LogP contribution in [0.1, 0.15) is 40.9 Å². The van der Waals surface area contributed by atoms with E-state index in [0.29, 0.717) is 5.56 Å². The summed E-state index contributed by atoms with van der Waals surface area (Å²) in [5, 5.41) is 8.98. The van der Waals surface area contributed by atoms with Gasteiger partial charge in [0.05, 0.1) is 28.7 Å². The topological polar surface area (TPSA) is 75.4 Å². The summed E-state index contributed by atoms with van der Waals surface area (Å²) in [6, 6.07) is 13.5. The molecule has 7 heteroatoms. The van der Waals surface area contributed by atoms with Gasteiger partial charge in [0.25, 0.3) is 5.91 Å². The molecule has 1 aliphatic rings. The maximum atomic E-state index is 12.2. The Balaban J connectivity index is 1.65. The first kappa shape index (κ1) is 18.9. The summed E-state index contributed by atoms with van der Waals surface area (Å²) in [5.41, 5.74) is 5.86. The first-order valence-electron chi connectivity index (χ1n) is 9.87. The molecule has 148 valence electrons. The van der Waals surface area contributed by atoms with Gasteiger partial charge in [0.15, 0.2) is 0 Å². The van der Waals surface area contributed by atoms with E-state index in [4.69, 9.17) is 5.10 Å². The largest absolute Gasteiger partial charge is 0.356 e. The Bertz CT molecular complexity index is 991. The van der Waals surface area contributed by atoms with Crippen molar-refractivity contribution in [1.82, 2.24) is 20.2 Å². The first-order valence-corrected chi connectivity index (χ1v) is 9.87. The third-order valence-corrected chi connectivity index (χ3v) is 5.02. The smallest absolute Gasteiger partial charge is 0.272 e. The number of pyridine rings is 1. The lowest BCUT2D eigenvalue weighted by molar-refractivity contribution is 0.0955. The third kappa shape index (κ3) is 4.18. The van der Waals surface area contributed by atoms with Gasteiger partial charge in [0.2, 0.25) is 0 Å². The molecule has 1 fully saturated rings. The number of hydrazone groups is 1. The Morgan fingerprint density at radius 2 is 1.90 bits per heavy atom. The summed E-state index contributed by atoms with van der Waals surface area (Å²) in [6.45, 7) is 3.94. The monoisotopic (exact) mass is 388 g/mol. The van der Waals surface area contributed by atoms with Gasteiger partial charge in [0.1, 0.15) is 5.82 Å². The fourth-order valence-corrected chi connectivity index (χ4v) is 3.55. The van der Waals surface area contributed by atoms with Crippen molar-refractivity contribution in [3.05, 3.63) is 71.7 Å². The van der Waals surface area contributed by atoms with Gasteiger partial charge < -0.3 is 4.90 Å². The van der Waals surface area contributed by atoms with Crippen LogP contribution in [-0.4, -0.2) is 40.0 Å². The summed E-state index contributed by atoms with van der Waals surface area (Å²) in [4.78, 5) is 18.6. The average Bonchev–Trinajstić information content (AvgIpc) is 3.12. The molecule has 0 aliphatic carbocycles. The van der Waals surface area contributed by atoms with Crippen molar-refractivity contribution in [1.29, 1.82) is 0 Å². The normalized spacial score (nSPS) is 14.3. The van der Waals surface area contributed by atoms with Crippen LogP contribution in [0.3, 0.4) is 0 Å². The number of benzene rings is 1. The van der Waals surface area contributed by atoms with Crippen LogP contribution in [0.15, 0.2) is 60.0 Å². The van der Waals surface area contributed by atoms with Gasteiger partial charge in [-0.3, -0.25) is 9.78 Å². The zero-order valence-corrected chi connectivity index (χ0v) is 16.5. The molecule has 2 aromatic heterocycles. The van der Waals surface area contributed by atoms with Crippen LogP contribution in [-0.2, 0) is 0 Å². The van der Waals surface area contributed by atoms with Gasteiger partial charge in [0, 0.05) is 25.5 Å². The predicted molar refractivity (Wildman–Crippen MR) is 114 cm³/mol. The number of hydrogen-bond donors (Lipinski definition) is 1. The maximum absolute atomic E-state index is 12.2. The number of carbonyl (C=O) groups is 1. The van der Waals surface area contributed by atoms with Crippen molar-refractivity contribution in [3.8, 4) is 5.69 Å². The van der Waals surface area contributed by atoms with Crippen molar-refractivity contribution in [2.24, 2.45) is 5.10 Å². The van der Waals surface area contributed by atoms with Crippen molar-refractivity contribution in [2.75, 3.05) is 18.0 Å². The van der Waals surface area contributed by atoms with E-state index in [1.165, 1.54) is 12.6 Å². The molecular formula is C22H24N6O. The van der Waals surface area contributed by atoms with Crippen molar-refractivity contribution in [3.63, 3.8) is 0 Å². The molecule has 1 saturated heterocycles. The van der Waals surface area contributed by atoms with E-state index in [2.05, 4.69) is 20.4 Å². The number of aryl methyl sites for hydroxylation is 1. The van der Waals surface area contributed by atoms with Gasteiger partial charge in [-0.2, -0.15) is 10.2 Å². The molecule has 0 radical (unpaired) electrons. The summed E-state index contributed by atoms with van der Waals surface area (Å²) >= 11 is 0. The highest BCUT2D eigenvalue weighted by molar-refractivity contribution is 5.95. The Morgan fingerprint density at radius 3 is 2.62 bits per heavy atom. The number of carbonyl (C=O) groups excluding carboxylic acids is 1. The Kier molecular flexibility index (Phi) is 5.65. The summed E-state index contributed by atoms with van der Waals surface area (Å²) in [6.07, 6.45) is 8.41. The second-order valence-electron chi connectivity index (χ2n) is 7.06. The fourth-order valence-electron chi connectivity index (χ4n) is 3.55. The first-order chi connectivity index (χ1) is 14.2. The van der Waals surface area contributed by atoms with E-state index in [1.807, 2.05) is 41.9 Å². The number of amides is 1. The minimum absolute atomic E-state index is 0.290. The van der Waals surface area contributed by atoms with E-state index in [-0.39, 0.29) is 5.91 Å². The van der Waals surface area contributed by atoms with Crippen LogP contribution in [0.4, 0.5) is 5.82 Å². The van der Waals surface area contributed by atoms with Gasteiger partial charge in [-0.25, -0.2) is 10.1 Å². The average molecular weight is 388 g/mol. The number of anilines is 1. The van der Waals surface area contributed by atoms with Crippen LogP contribution in [0.25, 0.3) is 5.69 Å². The minimum atomic E-state index is -0.290. The van der Waals surface area contributed by atoms with Gasteiger partial charge in [-0.15, -0.1) is 0 Å². The molecule has 0 unspecified atom stereocenters. The molecule has 0 spiro atoms. The molecule has 7 nitrogen and oxygen atoms in total. The number of nitrogens with zero attached hydrogens (tertiary/aromatic N) is 5. The number of nitrogens with one attached hydrogen (secondary N) is 1. The van der Waals surface area contributed by atoms with Crippen LogP contribution in [0, 0.1) is 6.92 Å². The van der Waals surface area contributed by atoms with Crippen LogP contribution in [0.2, 0.25) is 0 Å². The highest BCUT2D eigenvalue weighted by Gasteiger charge is 2.22. The molecule has 1 aliphatic heterocycles. The summed E-state index contributed by atoms with van der Waals surface area (Å²) in [5.74, 6) is 0.731. The lowest BCUT2D eigenvalue weighted by atomic mass is 10.1. The molecule has 0 saturated carbocycles. The molecule has 3 heterocycles. The van der Waals surface area contributed by atoms with Crippen LogP contribution in [0.5, 0.6) is 0 Å². The molecule has 0 atom stereocenters. The molecule has 0 bridgehead atoms. The molecule has 1 N–H and O–H groups in total. The molecular weight excluding hydrogens is 364 g/mol. The molecule has 4 rings (SSSR count). The van der Waals surface area contributed by atoms with Crippen molar-refractivity contribution in [2.45, 2.75) is 26.2 Å². The predicted octanol–water partition coefficient (Wildman–Crippen LogP) is 3.33. The minimum Gasteiger partial charge on any atom is -0.356 e. The van der Waals surface area contributed by atoms with E-state index in [1.54, 1.807) is 24.5 Å². The lowest BCUT2D eigenvalue weighted by Gasteiger charge is -2.29. The number of rotatable bonds is 5. The van der Waals surface area contributed by atoms with E-state index in [0.717, 1.165) is 48.7 Å². The van der Waals surface area contributed by atoms with Gasteiger partial charge in [-0.05, 0) is 50.5 Å².